The molecule has 0 aromatic carbocycles. The highest BCUT2D eigenvalue weighted by atomic mass is 15.2. The van der Waals surface area contributed by atoms with Crippen molar-refractivity contribution in [3.05, 3.63) is 0 Å². The molecule has 1 aliphatic carbocycles. The molecule has 96 valence electrons. The van der Waals surface area contributed by atoms with Crippen molar-refractivity contribution in [1.82, 2.24) is 10.2 Å². The van der Waals surface area contributed by atoms with Gasteiger partial charge in [-0.3, -0.25) is 4.90 Å². The molecule has 1 rings (SSSR count). The summed E-state index contributed by atoms with van der Waals surface area (Å²) < 4.78 is 0. The smallest absolute Gasteiger partial charge is 0.0221 e. The maximum absolute atomic E-state index is 3.63. The Morgan fingerprint density at radius 2 is 1.88 bits per heavy atom. The lowest BCUT2D eigenvalue weighted by atomic mass is 10.1. The van der Waals surface area contributed by atoms with Gasteiger partial charge in [0.05, 0.1) is 0 Å². The molecule has 16 heavy (non-hydrogen) atoms. The van der Waals surface area contributed by atoms with Gasteiger partial charge in [-0.25, -0.2) is 0 Å². The third-order valence-electron chi connectivity index (χ3n) is 3.75. The second-order valence-corrected chi connectivity index (χ2v) is 5.31. The summed E-state index contributed by atoms with van der Waals surface area (Å²) in [5.41, 5.74) is 0. The van der Waals surface area contributed by atoms with Crippen LogP contribution in [0, 0.1) is 0 Å². The van der Waals surface area contributed by atoms with Crippen molar-refractivity contribution in [3.8, 4) is 0 Å². The lowest BCUT2D eigenvalue weighted by Crippen LogP contribution is -2.48. The predicted molar refractivity (Wildman–Crippen MR) is 71.9 cm³/mol. The molecule has 0 amide bonds. The normalized spacial score (nSPS) is 20.1. The van der Waals surface area contributed by atoms with Crippen LogP contribution in [0.15, 0.2) is 0 Å². The van der Waals surface area contributed by atoms with Gasteiger partial charge in [0.25, 0.3) is 0 Å². The van der Waals surface area contributed by atoms with E-state index in [1.165, 1.54) is 38.6 Å². The predicted octanol–water partition coefficient (Wildman–Crippen LogP) is 3.03. The van der Waals surface area contributed by atoms with Gasteiger partial charge in [-0.1, -0.05) is 20.3 Å². The van der Waals surface area contributed by atoms with Gasteiger partial charge in [-0.05, 0) is 52.6 Å². The third kappa shape index (κ3) is 4.42. The Morgan fingerprint density at radius 1 is 1.19 bits per heavy atom. The lowest BCUT2D eigenvalue weighted by Gasteiger charge is -2.34. The molecule has 2 nitrogen and oxygen atoms in total. The summed E-state index contributed by atoms with van der Waals surface area (Å²) in [4.78, 5) is 2.73. The average molecular weight is 226 g/mol. The van der Waals surface area contributed by atoms with Crippen molar-refractivity contribution in [2.24, 2.45) is 0 Å². The summed E-state index contributed by atoms with van der Waals surface area (Å²) in [7, 11) is 0. The average Bonchev–Trinajstić information content (AvgIpc) is 3.10. The Labute approximate surface area is 102 Å². The van der Waals surface area contributed by atoms with Crippen LogP contribution in [0.2, 0.25) is 0 Å². The first kappa shape index (κ1) is 14.0. The minimum Gasteiger partial charge on any atom is -0.313 e. The van der Waals surface area contributed by atoms with Crippen molar-refractivity contribution in [2.45, 2.75) is 77.9 Å². The lowest BCUT2D eigenvalue weighted by molar-refractivity contribution is 0.163. The Bertz CT molecular complexity index is 178. The van der Waals surface area contributed by atoms with Crippen LogP contribution in [-0.4, -0.2) is 36.1 Å². The second-order valence-electron chi connectivity index (χ2n) is 5.31. The highest BCUT2D eigenvalue weighted by molar-refractivity contribution is 4.90. The van der Waals surface area contributed by atoms with Gasteiger partial charge in [0, 0.05) is 18.1 Å². The number of unbranched alkanes of at least 4 members (excludes halogenated alkanes) is 1. The van der Waals surface area contributed by atoms with Crippen LogP contribution in [0.25, 0.3) is 0 Å². The second kappa shape index (κ2) is 7.29. The summed E-state index contributed by atoms with van der Waals surface area (Å²) in [5, 5.41) is 3.63. The summed E-state index contributed by atoms with van der Waals surface area (Å²) in [6.45, 7) is 11.7. The van der Waals surface area contributed by atoms with E-state index in [0.717, 1.165) is 12.6 Å². The maximum Gasteiger partial charge on any atom is 0.0221 e. The minimum absolute atomic E-state index is 0.623. The van der Waals surface area contributed by atoms with Gasteiger partial charge in [0.1, 0.15) is 0 Å². The summed E-state index contributed by atoms with van der Waals surface area (Å²) in [6, 6.07) is 2.20. The molecule has 2 atom stereocenters. The highest BCUT2D eigenvalue weighted by Gasteiger charge is 2.33. The van der Waals surface area contributed by atoms with E-state index in [-0.39, 0.29) is 0 Å². The molecule has 0 radical (unpaired) electrons. The van der Waals surface area contributed by atoms with E-state index in [0.29, 0.717) is 12.1 Å². The van der Waals surface area contributed by atoms with E-state index < -0.39 is 0 Å². The molecule has 0 aromatic rings. The van der Waals surface area contributed by atoms with Gasteiger partial charge in [-0.2, -0.15) is 0 Å². The van der Waals surface area contributed by atoms with Gasteiger partial charge in [0.15, 0.2) is 0 Å². The molecule has 0 saturated heterocycles. The zero-order chi connectivity index (χ0) is 12.0. The van der Waals surface area contributed by atoms with Crippen LogP contribution >= 0.6 is 0 Å². The van der Waals surface area contributed by atoms with Crippen LogP contribution in [0.5, 0.6) is 0 Å². The van der Waals surface area contributed by atoms with Gasteiger partial charge in [0.2, 0.25) is 0 Å². The number of hydrogen-bond acceptors (Lipinski definition) is 2. The Balaban J connectivity index is 2.36. The SMILES string of the molecule is CCCCN(C1CC1)C(C)C(C)NCCC. The van der Waals surface area contributed by atoms with Crippen molar-refractivity contribution < 1.29 is 0 Å². The summed E-state index contributed by atoms with van der Waals surface area (Å²) >= 11 is 0. The van der Waals surface area contributed by atoms with Crippen molar-refractivity contribution >= 4 is 0 Å². The monoisotopic (exact) mass is 226 g/mol. The van der Waals surface area contributed by atoms with E-state index in [9.17, 15) is 0 Å². The Hall–Kier alpha value is -0.0800. The molecule has 0 heterocycles. The highest BCUT2D eigenvalue weighted by Crippen LogP contribution is 2.29. The van der Waals surface area contributed by atoms with Crippen LogP contribution in [-0.2, 0) is 0 Å². The zero-order valence-electron chi connectivity index (χ0n) is 11.6. The molecular weight excluding hydrogens is 196 g/mol. The van der Waals surface area contributed by atoms with E-state index >= 15 is 0 Å². The number of nitrogens with zero attached hydrogens (tertiary/aromatic N) is 1. The minimum atomic E-state index is 0.623. The van der Waals surface area contributed by atoms with Gasteiger partial charge in [-0.15, -0.1) is 0 Å². The van der Waals surface area contributed by atoms with Crippen molar-refractivity contribution in [2.75, 3.05) is 13.1 Å². The van der Waals surface area contributed by atoms with Gasteiger partial charge < -0.3 is 5.32 Å². The molecule has 1 aliphatic rings. The van der Waals surface area contributed by atoms with E-state index in [1.54, 1.807) is 0 Å². The molecule has 1 fully saturated rings. The Kier molecular flexibility index (Phi) is 6.37. The Morgan fingerprint density at radius 3 is 2.38 bits per heavy atom. The molecule has 0 aromatic heterocycles. The number of nitrogens with one attached hydrogen (secondary N) is 1. The molecule has 2 heteroatoms. The first-order valence-electron chi connectivity index (χ1n) is 7.19. The fourth-order valence-corrected chi connectivity index (χ4v) is 2.30. The first-order chi connectivity index (χ1) is 7.70. The maximum atomic E-state index is 3.63. The van der Waals surface area contributed by atoms with E-state index in [2.05, 4.69) is 37.9 Å². The van der Waals surface area contributed by atoms with Crippen LogP contribution in [0.4, 0.5) is 0 Å². The quantitative estimate of drug-likeness (QED) is 0.650. The fourth-order valence-electron chi connectivity index (χ4n) is 2.30. The largest absolute Gasteiger partial charge is 0.313 e. The topological polar surface area (TPSA) is 15.3 Å². The fraction of sp³-hybridized carbons (Fsp3) is 1.00. The standard InChI is InChI=1S/C14H30N2/c1-5-7-11-16(14-8-9-14)13(4)12(3)15-10-6-2/h12-15H,5-11H2,1-4H3. The molecule has 1 saturated carbocycles. The van der Waals surface area contributed by atoms with E-state index in [4.69, 9.17) is 0 Å². The van der Waals surface area contributed by atoms with Crippen molar-refractivity contribution in [1.29, 1.82) is 0 Å². The molecule has 1 N–H and O–H groups in total. The molecular formula is C14H30N2. The zero-order valence-corrected chi connectivity index (χ0v) is 11.6. The third-order valence-corrected chi connectivity index (χ3v) is 3.75. The number of hydrogen-bond donors (Lipinski definition) is 1. The molecule has 2 unspecified atom stereocenters. The summed E-state index contributed by atoms with van der Waals surface area (Å²) in [6.07, 6.45) is 6.74. The number of rotatable bonds is 9. The van der Waals surface area contributed by atoms with Gasteiger partial charge >= 0.3 is 0 Å². The van der Waals surface area contributed by atoms with E-state index in [1.807, 2.05) is 0 Å². The first-order valence-corrected chi connectivity index (χ1v) is 7.19. The van der Waals surface area contributed by atoms with Crippen LogP contribution in [0.3, 0.4) is 0 Å². The van der Waals surface area contributed by atoms with Crippen LogP contribution in [0.1, 0.15) is 59.8 Å². The molecule has 0 spiro atoms. The molecule has 0 aliphatic heterocycles. The summed E-state index contributed by atoms with van der Waals surface area (Å²) in [5.74, 6) is 0. The molecule has 0 bridgehead atoms. The van der Waals surface area contributed by atoms with Crippen molar-refractivity contribution in [3.63, 3.8) is 0 Å². The van der Waals surface area contributed by atoms with Crippen LogP contribution < -0.4 is 5.32 Å².